The van der Waals surface area contributed by atoms with Gasteiger partial charge in [0.2, 0.25) is 0 Å². The first-order valence-electron chi connectivity index (χ1n) is 7.04. The minimum Gasteiger partial charge on any atom is -0.321 e. The Bertz CT molecular complexity index is 887. The molecule has 0 bridgehead atoms. The second kappa shape index (κ2) is 6.59. The molecule has 8 nitrogen and oxygen atoms in total. The largest absolute Gasteiger partial charge is 0.321 e. The quantitative estimate of drug-likeness (QED) is 0.756. The molecule has 3 aromatic rings. The molecule has 0 spiro atoms. The monoisotopic (exact) mass is 342 g/mol. The molecule has 2 N–H and O–H groups in total. The van der Waals surface area contributed by atoms with Crippen LogP contribution in [0.3, 0.4) is 0 Å². The fraction of sp³-hybridized carbons (Fsp3) is 0.133. The summed E-state index contributed by atoms with van der Waals surface area (Å²) in [5, 5.41) is 13.2. The van der Waals surface area contributed by atoms with E-state index in [1.54, 1.807) is 26.1 Å². The minimum atomic E-state index is -0.424. The number of benzene rings is 1. The first kappa shape index (κ1) is 15.8. The third kappa shape index (κ3) is 3.46. The summed E-state index contributed by atoms with van der Waals surface area (Å²) in [6.45, 7) is 1.72. The van der Waals surface area contributed by atoms with Gasteiger partial charge in [0.1, 0.15) is 4.88 Å². The van der Waals surface area contributed by atoms with Crippen LogP contribution in [0.15, 0.2) is 36.5 Å². The smallest absolute Gasteiger partial charge is 0.279 e. The Balaban J connectivity index is 1.73. The van der Waals surface area contributed by atoms with Crippen molar-refractivity contribution in [3.05, 3.63) is 52.8 Å². The van der Waals surface area contributed by atoms with Crippen molar-refractivity contribution in [1.29, 1.82) is 0 Å². The number of carbonyl (C=O) groups is 2. The van der Waals surface area contributed by atoms with Gasteiger partial charge < -0.3 is 5.32 Å². The highest BCUT2D eigenvalue weighted by Crippen LogP contribution is 2.24. The van der Waals surface area contributed by atoms with Crippen molar-refractivity contribution in [2.24, 2.45) is 7.05 Å². The van der Waals surface area contributed by atoms with Crippen LogP contribution in [-0.4, -0.2) is 31.8 Å². The molecule has 2 amide bonds. The van der Waals surface area contributed by atoms with E-state index in [1.165, 1.54) is 10.9 Å². The van der Waals surface area contributed by atoms with E-state index in [2.05, 4.69) is 25.9 Å². The number of amides is 2. The van der Waals surface area contributed by atoms with E-state index in [0.717, 1.165) is 11.3 Å². The lowest BCUT2D eigenvalue weighted by Crippen LogP contribution is -2.12. The van der Waals surface area contributed by atoms with Gasteiger partial charge in [-0.3, -0.25) is 19.6 Å². The van der Waals surface area contributed by atoms with Gasteiger partial charge in [-0.25, -0.2) is 4.98 Å². The summed E-state index contributed by atoms with van der Waals surface area (Å²) in [6.07, 6.45) is 1.50. The maximum atomic E-state index is 12.3. The van der Waals surface area contributed by atoms with Crippen LogP contribution in [0.1, 0.15) is 25.9 Å². The SMILES string of the molecule is Cc1nc(NC(=O)c2cn(C)nn2)sc1C(=O)Nc1ccccc1. The summed E-state index contributed by atoms with van der Waals surface area (Å²) < 4.78 is 1.43. The Hall–Kier alpha value is -3.07. The Kier molecular flexibility index (Phi) is 4.34. The zero-order valence-electron chi connectivity index (χ0n) is 13.0. The Labute approximate surface area is 141 Å². The Morgan fingerprint density at radius 2 is 1.88 bits per heavy atom. The van der Waals surface area contributed by atoms with Crippen LogP contribution in [0.2, 0.25) is 0 Å². The molecule has 0 aliphatic carbocycles. The topological polar surface area (TPSA) is 102 Å². The highest BCUT2D eigenvalue weighted by molar-refractivity contribution is 7.17. The van der Waals surface area contributed by atoms with Gasteiger partial charge in [0.05, 0.1) is 11.9 Å². The highest BCUT2D eigenvalue weighted by atomic mass is 32.1. The zero-order chi connectivity index (χ0) is 17.1. The molecule has 122 valence electrons. The summed E-state index contributed by atoms with van der Waals surface area (Å²) in [5.41, 5.74) is 1.42. The predicted octanol–water partition coefficient (Wildman–Crippen LogP) is 2.08. The molecule has 9 heteroatoms. The number of carbonyl (C=O) groups excluding carboxylic acids is 2. The third-order valence-electron chi connectivity index (χ3n) is 3.09. The summed E-state index contributed by atoms with van der Waals surface area (Å²) in [4.78, 5) is 29.0. The highest BCUT2D eigenvalue weighted by Gasteiger charge is 2.18. The fourth-order valence-corrected chi connectivity index (χ4v) is 2.84. The number of aromatic nitrogens is 4. The summed E-state index contributed by atoms with van der Waals surface area (Å²) >= 11 is 1.11. The zero-order valence-corrected chi connectivity index (χ0v) is 13.8. The Morgan fingerprint density at radius 3 is 2.54 bits per heavy atom. The van der Waals surface area contributed by atoms with Gasteiger partial charge in [0.15, 0.2) is 10.8 Å². The van der Waals surface area contributed by atoms with Crippen LogP contribution < -0.4 is 10.6 Å². The number of thiazole rings is 1. The second-order valence-corrected chi connectivity index (χ2v) is 5.98. The van der Waals surface area contributed by atoms with E-state index in [-0.39, 0.29) is 11.6 Å². The lowest BCUT2D eigenvalue weighted by Gasteiger charge is -2.02. The number of para-hydroxylation sites is 1. The van der Waals surface area contributed by atoms with Crippen molar-refractivity contribution in [2.45, 2.75) is 6.92 Å². The van der Waals surface area contributed by atoms with Crippen molar-refractivity contribution in [1.82, 2.24) is 20.0 Å². The molecule has 0 unspecified atom stereocenters. The van der Waals surface area contributed by atoms with Gasteiger partial charge in [0.25, 0.3) is 11.8 Å². The molecule has 3 rings (SSSR count). The van der Waals surface area contributed by atoms with Crippen LogP contribution in [0, 0.1) is 6.92 Å². The van der Waals surface area contributed by atoms with Crippen LogP contribution in [0.5, 0.6) is 0 Å². The minimum absolute atomic E-state index is 0.181. The molecular weight excluding hydrogens is 328 g/mol. The van der Waals surface area contributed by atoms with Gasteiger partial charge in [-0.05, 0) is 19.1 Å². The summed E-state index contributed by atoms with van der Waals surface area (Å²) in [5.74, 6) is -0.692. The molecule has 0 atom stereocenters. The number of nitrogens with zero attached hydrogens (tertiary/aromatic N) is 4. The molecule has 0 saturated carbocycles. The number of nitrogens with one attached hydrogen (secondary N) is 2. The lowest BCUT2D eigenvalue weighted by atomic mass is 10.3. The van der Waals surface area contributed by atoms with E-state index < -0.39 is 5.91 Å². The van der Waals surface area contributed by atoms with Gasteiger partial charge in [0, 0.05) is 12.7 Å². The van der Waals surface area contributed by atoms with Crippen molar-refractivity contribution < 1.29 is 9.59 Å². The number of anilines is 2. The van der Waals surface area contributed by atoms with Gasteiger partial charge in [-0.2, -0.15) is 0 Å². The number of aryl methyl sites for hydroxylation is 2. The molecule has 0 aliphatic heterocycles. The molecular formula is C15H14N6O2S. The molecule has 2 heterocycles. The van der Waals surface area contributed by atoms with E-state index in [0.29, 0.717) is 21.4 Å². The van der Waals surface area contributed by atoms with Crippen LogP contribution >= 0.6 is 11.3 Å². The van der Waals surface area contributed by atoms with Crippen molar-refractivity contribution in [3.8, 4) is 0 Å². The van der Waals surface area contributed by atoms with Gasteiger partial charge >= 0.3 is 0 Å². The van der Waals surface area contributed by atoms with Crippen LogP contribution in [0.4, 0.5) is 10.8 Å². The first-order chi connectivity index (χ1) is 11.5. The van der Waals surface area contributed by atoms with E-state index in [9.17, 15) is 9.59 Å². The number of hydrogen-bond acceptors (Lipinski definition) is 6. The second-order valence-electron chi connectivity index (χ2n) is 4.99. The number of rotatable bonds is 4. The summed E-state index contributed by atoms with van der Waals surface area (Å²) in [6, 6.07) is 9.13. The molecule has 24 heavy (non-hydrogen) atoms. The van der Waals surface area contributed by atoms with Crippen LogP contribution in [-0.2, 0) is 7.05 Å². The molecule has 2 aromatic heterocycles. The molecule has 0 fully saturated rings. The van der Waals surface area contributed by atoms with Crippen molar-refractivity contribution in [2.75, 3.05) is 10.6 Å². The average Bonchev–Trinajstić information content (AvgIpc) is 3.14. The Morgan fingerprint density at radius 1 is 1.12 bits per heavy atom. The van der Waals surface area contributed by atoms with E-state index >= 15 is 0 Å². The maximum absolute atomic E-state index is 12.3. The molecule has 0 radical (unpaired) electrons. The maximum Gasteiger partial charge on any atom is 0.279 e. The third-order valence-corrected chi connectivity index (χ3v) is 4.16. The van der Waals surface area contributed by atoms with Crippen molar-refractivity contribution in [3.63, 3.8) is 0 Å². The van der Waals surface area contributed by atoms with Crippen LogP contribution in [0.25, 0.3) is 0 Å². The fourth-order valence-electron chi connectivity index (χ4n) is 1.98. The standard InChI is InChI=1S/C15H14N6O2S/c1-9-12(14(23)17-10-6-4-3-5-7-10)24-15(16-9)18-13(22)11-8-21(2)20-19-11/h3-8H,1-2H3,(H,17,23)(H,16,18,22). The van der Waals surface area contributed by atoms with E-state index in [1.807, 2.05) is 18.2 Å². The lowest BCUT2D eigenvalue weighted by molar-refractivity contribution is 0.101. The van der Waals surface area contributed by atoms with Crippen molar-refractivity contribution >= 4 is 34.0 Å². The van der Waals surface area contributed by atoms with E-state index in [4.69, 9.17) is 0 Å². The number of hydrogen-bond donors (Lipinski definition) is 2. The average molecular weight is 342 g/mol. The van der Waals surface area contributed by atoms with Gasteiger partial charge in [-0.1, -0.05) is 34.7 Å². The normalized spacial score (nSPS) is 10.4. The molecule has 0 aliphatic rings. The molecule has 0 saturated heterocycles. The molecule has 1 aromatic carbocycles. The first-order valence-corrected chi connectivity index (χ1v) is 7.86. The van der Waals surface area contributed by atoms with Gasteiger partial charge in [-0.15, -0.1) is 5.10 Å². The predicted molar refractivity (Wildman–Crippen MR) is 90.2 cm³/mol. The summed E-state index contributed by atoms with van der Waals surface area (Å²) in [7, 11) is 1.67.